The van der Waals surface area contributed by atoms with Gasteiger partial charge in [0, 0.05) is 24.7 Å². The minimum absolute atomic E-state index is 0.0501. The Bertz CT molecular complexity index is 1090. The van der Waals surface area contributed by atoms with Gasteiger partial charge in [0.05, 0.1) is 17.1 Å². The molecule has 0 bridgehead atoms. The van der Waals surface area contributed by atoms with Gasteiger partial charge in [0.15, 0.2) is 0 Å². The molecule has 0 N–H and O–H groups in total. The molecule has 2 heterocycles. The van der Waals surface area contributed by atoms with Crippen molar-refractivity contribution in [3.8, 4) is 5.69 Å². The van der Waals surface area contributed by atoms with E-state index in [0.29, 0.717) is 11.6 Å². The molecule has 3 aromatic rings. The molecule has 0 fully saturated rings. The number of hydrogen-bond donors (Lipinski definition) is 0. The summed E-state index contributed by atoms with van der Waals surface area (Å²) in [5, 5.41) is 0.649. The Balaban J connectivity index is 1.79. The van der Waals surface area contributed by atoms with Gasteiger partial charge >= 0.3 is 0 Å². The zero-order chi connectivity index (χ0) is 22.0. The molecule has 1 atom stereocenters. The zero-order valence-electron chi connectivity index (χ0n) is 17.8. The van der Waals surface area contributed by atoms with Crippen LogP contribution < -0.4 is 4.90 Å². The lowest BCUT2D eigenvalue weighted by molar-refractivity contribution is -0.133. The molecule has 4 rings (SSSR count). The minimum atomic E-state index is -0.311. The molecule has 0 saturated heterocycles. The predicted molar refractivity (Wildman–Crippen MR) is 124 cm³/mol. The molecule has 1 unspecified atom stereocenters. The number of halogens is 1. The SMILES string of the molecule is CCCCN(CC(=O)N1c2ccccc2-n2cccc2C1c1ccc(Cl)cc1)C(C)=O. The number of hydrogen-bond acceptors (Lipinski definition) is 2. The van der Waals surface area contributed by atoms with Crippen LogP contribution in [0.5, 0.6) is 0 Å². The van der Waals surface area contributed by atoms with Crippen LogP contribution in [0.25, 0.3) is 5.69 Å². The number of carbonyl (C=O) groups excluding carboxylic acids is 2. The van der Waals surface area contributed by atoms with Crippen molar-refractivity contribution >= 4 is 29.1 Å². The van der Waals surface area contributed by atoms with Gasteiger partial charge in [-0.3, -0.25) is 14.5 Å². The highest BCUT2D eigenvalue weighted by atomic mass is 35.5. The van der Waals surface area contributed by atoms with E-state index in [-0.39, 0.29) is 24.4 Å². The zero-order valence-corrected chi connectivity index (χ0v) is 18.5. The fourth-order valence-corrected chi connectivity index (χ4v) is 4.28. The number of benzene rings is 2. The summed E-state index contributed by atoms with van der Waals surface area (Å²) in [5.74, 6) is -0.190. The highest BCUT2D eigenvalue weighted by molar-refractivity contribution is 6.30. The van der Waals surface area contributed by atoms with Crippen LogP contribution in [0.1, 0.15) is 44.0 Å². The van der Waals surface area contributed by atoms with E-state index in [4.69, 9.17) is 11.6 Å². The summed E-state index contributed by atoms with van der Waals surface area (Å²) >= 11 is 6.13. The molecule has 5 nitrogen and oxygen atoms in total. The van der Waals surface area contributed by atoms with E-state index in [1.165, 1.54) is 6.92 Å². The van der Waals surface area contributed by atoms with Crippen molar-refractivity contribution in [1.82, 2.24) is 9.47 Å². The monoisotopic (exact) mass is 435 g/mol. The van der Waals surface area contributed by atoms with Gasteiger partial charge in [-0.1, -0.05) is 49.2 Å². The molecule has 160 valence electrons. The van der Waals surface area contributed by atoms with Crippen LogP contribution in [-0.2, 0) is 9.59 Å². The molecule has 31 heavy (non-hydrogen) atoms. The van der Waals surface area contributed by atoms with Crippen molar-refractivity contribution < 1.29 is 9.59 Å². The van der Waals surface area contributed by atoms with Gasteiger partial charge in [-0.25, -0.2) is 0 Å². The van der Waals surface area contributed by atoms with E-state index in [2.05, 4.69) is 11.5 Å². The number of anilines is 1. The van der Waals surface area contributed by atoms with Gasteiger partial charge in [-0.2, -0.15) is 0 Å². The molecule has 0 aliphatic carbocycles. The quantitative estimate of drug-likeness (QED) is 0.533. The number of carbonyl (C=O) groups is 2. The highest BCUT2D eigenvalue weighted by Gasteiger charge is 2.36. The summed E-state index contributed by atoms with van der Waals surface area (Å²) < 4.78 is 2.12. The maximum Gasteiger partial charge on any atom is 0.247 e. The van der Waals surface area contributed by atoms with Crippen molar-refractivity contribution in [3.63, 3.8) is 0 Å². The summed E-state index contributed by atoms with van der Waals surface area (Å²) in [4.78, 5) is 29.4. The molecule has 0 saturated carbocycles. The Morgan fingerprint density at radius 1 is 1.00 bits per heavy atom. The summed E-state index contributed by atoms with van der Waals surface area (Å²) in [6.45, 7) is 4.23. The third-order valence-electron chi connectivity index (χ3n) is 5.73. The van der Waals surface area contributed by atoms with E-state index >= 15 is 0 Å². The molecule has 2 aromatic carbocycles. The van der Waals surface area contributed by atoms with Gasteiger partial charge in [-0.15, -0.1) is 0 Å². The molecule has 0 spiro atoms. The maximum atomic E-state index is 13.7. The van der Waals surface area contributed by atoms with Crippen LogP contribution in [0, 0.1) is 0 Å². The number of unbranched alkanes of at least 4 members (excludes halogenated alkanes) is 1. The van der Waals surface area contributed by atoms with E-state index < -0.39 is 0 Å². The summed E-state index contributed by atoms with van der Waals surface area (Å²) in [6, 6.07) is 19.2. The van der Waals surface area contributed by atoms with Crippen molar-refractivity contribution in [2.75, 3.05) is 18.0 Å². The number of rotatable bonds is 6. The highest BCUT2D eigenvalue weighted by Crippen LogP contribution is 2.42. The van der Waals surface area contributed by atoms with Gasteiger partial charge in [0.25, 0.3) is 0 Å². The van der Waals surface area contributed by atoms with E-state index in [1.54, 1.807) is 4.90 Å². The third-order valence-corrected chi connectivity index (χ3v) is 5.98. The first-order chi connectivity index (χ1) is 15.0. The first-order valence-corrected chi connectivity index (χ1v) is 11.0. The smallest absolute Gasteiger partial charge is 0.247 e. The molecule has 2 amide bonds. The van der Waals surface area contributed by atoms with Crippen LogP contribution in [-0.4, -0.2) is 34.4 Å². The summed E-state index contributed by atoms with van der Waals surface area (Å²) in [5.41, 5.74) is 3.74. The molecule has 0 radical (unpaired) electrons. The van der Waals surface area contributed by atoms with Crippen molar-refractivity contribution in [1.29, 1.82) is 0 Å². The van der Waals surface area contributed by atoms with Crippen molar-refractivity contribution in [2.24, 2.45) is 0 Å². The Morgan fingerprint density at radius 2 is 1.71 bits per heavy atom. The minimum Gasteiger partial charge on any atom is -0.334 e. The Labute approximate surface area is 187 Å². The average Bonchev–Trinajstić information content (AvgIpc) is 3.26. The van der Waals surface area contributed by atoms with E-state index in [9.17, 15) is 9.59 Å². The Hall–Kier alpha value is -3.05. The third kappa shape index (κ3) is 4.10. The van der Waals surface area contributed by atoms with Gasteiger partial charge < -0.3 is 9.47 Å². The molecule has 1 aliphatic rings. The molecular formula is C25H26ClN3O2. The second kappa shape index (κ2) is 8.98. The fourth-order valence-electron chi connectivity index (χ4n) is 4.16. The van der Waals surface area contributed by atoms with Crippen LogP contribution in [0.2, 0.25) is 5.02 Å². The van der Waals surface area contributed by atoms with Crippen LogP contribution >= 0.6 is 11.6 Å². The Morgan fingerprint density at radius 3 is 2.39 bits per heavy atom. The number of amides is 2. The first-order valence-electron chi connectivity index (χ1n) is 10.6. The van der Waals surface area contributed by atoms with Crippen LogP contribution in [0.3, 0.4) is 0 Å². The molecule has 1 aliphatic heterocycles. The van der Waals surface area contributed by atoms with Crippen LogP contribution in [0.4, 0.5) is 5.69 Å². The van der Waals surface area contributed by atoms with Gasteiger partial charge in [0.1, 0.15) is 12.6 Å². The lowest BCUT2D eigenvalue weighted by Gasteiger charge is -2.39. The van der Waals surface area contributed by atoms with Crippen molar-refractivity contribution in [3.05, 3.63) is 83.1 Å². The van der Waals surface area contributed by atoms with Gasteiger partial charge in [0.2, 0.25) is 11.8 Å². The van der Waals surface area contributed by atoms with E-state index in [0.717, 1.165) is 35.5 Å². The van der Waals surface area contributed by atoms with Gasteiger partial charge in [-0.05, 0) is 48.4 Å². The Kier molecular flexibility index (Phi) is 6.14. The second-order valence-corrected chi connectivity index (χ2v) is 8.24. The van der Waals surface area contributed by atoms with Crippen molar-refractivity contribution in [2.45, 2.75) is 32.7 Å². The second-order valence-electron chi connectivity index (χ2n) is 7.80. The standard InChI is InChI=1S/C25H26ClN3O2/c1-3-4-15-27(18(2)30)17-24(31)29-22-9-6-5-8-21(22)28-16-7-10-23(28)25(29)19-11-13-20(26)14-12-19/h5-14,16,25H,3-4,15,17H2,1-2H3. The summed E-state index contributed by atoms with van der Waals surface area (Å²) in [6.07, 6.45) is 3.85. The molecule has 1 aromatic heterocycles. The maximum absolute atomic E-state index is 13.7. The number of fused-ring (bicyclic) bond motifs is 3. The van der Waals surface area contributed by atoms with Crippen LogP contribution in [0.15, 0.2) is 66.9 Å². The number of para-hydroxylation sites is 2. The number of aromatic nitrogens is 1. The molecule has 6 heteroatoms. The average molecular weight is 436 g/mol. The fraction of sp³-hybridized carbons (Fsp3) is 0.280. The predicted octanol–water partition coefficient (Wildman–Crippen LogP) is 5.22. The number of nitrogens with zero attached hydrogens (tertiary/aromatic N) is 3. The molecular weight excluding hydrogens is 410 g/mol. The lowest BCUT2D eigenvalue weighted by atomic mass is 9.97. The normalized spacial score (nSPS) is 14.7. The first kappa shape index (κ1) is 21.2. The topological polar surface area (TPSA) is 45.6 Å². The summed E-state index contributed by atoms with van der Waals surface area (Å²) in [7, 11) is 0. The van der Waals surface area contributed by atoms with E-state index in [1.807, 2.05) is 71.8 Å². The lowest BCUT2D eigenvalue weighted by Crippen LogP contribution is -2.46. The largest absolute Gasteiger partial charge is 0.334 e.